The van der Waals surface area contributed by atoms with Gasteiger partial charge in [-0.2, -0.15) is 0 Å². The van der Waals surface area contributed by atoms with Gasteiger partial charge in [0.1, 0.15) is 0 Å². The molecule has 5 heteroatoms. The lowest BCUT2D eigenvalue weighted by atomic mass is 10.0. The van der Waals surface area contributed by atoms with E-state index in [9.17, 15) is 0 Å². The van der Waals surface area contributed by atoms with E-state index in [1.165, 1.54) is 43.6 Å². The van der Waals surface area contributed by atoms with Crippen molar-refractivity contribution in [2.24, 2.45) is 0 Å². The highest BCUT2D eigenvalue weighted by atomic mass is 35.5. The number of aryl methyl sites for hydroxylation is 1. The monoisotopic (exact) mass is 424 g/mol. The van der Waals surface area contributed by atoms with Crippen molar-refractivity contribution in [2.45, 2.75) is 25.3 Å². The molecule has 0 radical (unpaired) electrons. The zero-order valence-corrected chi connectivity index (χ0v) is 18.5. The van der Waals surface area contributed by atoms with E-state index in [4.69, 9.17) is 4.74 Å². The van der Waals surface area contributed by atoms with Crippen LogP contribution in [-0.4, -0.2) is 62.3 Å². The Labute approximate surface area is 182 Å². The summed E-state index contributed by atoms with van der Waals surface area (Å²) >= 11 is 0. The topological polar surface area (TPSA) is 15.7 Å². The number of hydrogen-bond acceptors (Lipinski definition) is 3. The van der Waals surface area contributed by atoms with Crippen LogP contribution in [-0.2, 0) is 17.6 Å². The molecule has 3 rings (SSSR count). The van der Waals surface area contributed by atoms with E-state index in [1.54, 1.807) is 0 Å². The van der Waals surface area contributed by atoms with Crippen LogP contribution in [0, 0.1) is 0 Å². The van der Waals surface area contributed by atoms with Gasteiger partial charge in [-0.05, 0) is 36.9 Å². The van der Waals surface area contributed by atoms with Gasteiger partial charge < -0.3 is 9.64 Å². The number of piperazine rings is 1. The zero-order valence-electron chi connectivity index (χ0n) is 16.8. The van der Waals surface area contributed by atoms with E-state index < -0.39 is 0 Å². The lowest BCUT2D eigenvalue weighted by molar-refractivity contribution is 0.0494. The number of rotatable bonds is 9. The molecule has 3 nitrogen and oxygen atoms in total. The van der Waals surface area contributed by atoms with Crippen molar-refractivity contribution in [3.8, 4) is 0 Å². The summed E-state index contributed by atoms with van der Waals surface area (Å²) in [6.07, 6.45) is 3.50. The Hall–Kier alpha value is -1.10. The Bertz CT molecular complexity index is 619. The van der Waals surface area contributed by atoms with Crippen LogP contribution in [0.15, 0.2) is 60.7 Å². The van der Waals surface area contributed by atoms with Gasteiger partial charge in [0.15, 0.2) is 0 Å². The highest BCUT2D eigenvalue weighted by Crippen LogP contribution is 2.13. The molecule has 1 atom stereocenters. The second-order valence-corrected chi connectivity index (χ2v) is 7.27. The normalized spacial score (nSPS) is 16.0. The molecule has 0 aliphatic carbocycles. The number of benzene rings is 2. The third kappa shape index (κ3) is 8.10. The number of hydrogen-bond donors (Lipinski definition) is 0. The van der Waals surface area contributed by atoms with Crippen LogP contribution in [0.4, 0.5) is 0 Å². The zero-order chi connectivity index (χ0) is 18.0. The average molecular weight is 425 g/mol. The number of nitrogens with zero attached hydrogens (tertiary/aromatic N) is 2. The molecule has 1 heterocycles. The minimum atomic E-state index is 0. The van der Waals surface area contributed by atoms with E-state index >= 15 is 0 Å². The van der Waals surface area contributed by atoms with Gasteiger partial charge in [0.25, 0.3) is 0 Å². The van der Waals surface area contributed by atoms with Crippen LogP contribution in [0.1, 0.15) is 17.5 Å². The fourth-order valence-corrected chi connectivity index (χ4v) is 3.88. The molecule has 0 amide bonds. The molecule has 0 unspecified atom stereocenters. The quantitative estimate of drug-likeness (QED) is 0.595. The minimum absolute atomic E-state index is 0. The fourth-order valence-electron chi connectivity index (χ4n) is 3.88. The van der Waals surface area contributed by atoms with E-state index in [2.05, 4.69) is 70.5 Å². The molecule has 0 saturated carbocycles. The summed E-state index contributed by atoms with van der Waals surface area (Å²) in [6, 6.07) is 22.1. The third-order valence-electron chi connectivity index (χ3n) is 5.38. The first kappa shape index (κ1) is 24.9. The third-order valence-corrected chi connectivity index (χ3v) is 5.38. The first-order valence-corrected chi connectivity index (χ1v) is 9.88. The maximum Gasteiger partial charge on any atom is 0.0621 e. The van der Waals surface area contributed by atoms with Crippen molar-refractivity contribution < 1.29 is 4.74 Å². The molecule has 1 saturated heterocycles. The summed E-state index contributed by atoms with van der Waals surface area (Å²) < 4.78 is 5.51. The predicted octanol–water partition coefficient (Wildman–Crippen LogP) is 4.34. The predicted molar refractivity (Wildman–Crippen MR) is 123 cm³/mol. The summed E-state index contributed by atoms with van der Waals surface area (Å²) in [5, 5.41) is 0. The second-order valence-electron chi connectivity index (χ2n) is 7.27. The Morgan fingerprint density at radius 3 is 1.96 bits per heavy atom. The summed E-state index contributed by atoms with van der Waals surface area (Å²) in [7, 11) is 1.82. The summed E-state index contributed by atoms with van der Waals surface area (Å²) in [5.41, 5.74) is 2.86. The van der Waals surface area contributed by atoms with E-state index in [0.29, 0.717) is 6.04 Å². The molecular weight excluding hydrogens is 391 g/mol. The van der Waals surface area contributed by atoms with Crippen LogP contribution in [0.25, 0.3) is 0 Å². The van der Waals surface area contributed by atoms with Gasteiger partial charge in [-0.25, -0.2) is 0 Å². The van der Waals surface area contributed by atoms with E-state index in [1.807, 2.05) is 7.11 Å². The molecule has 0 N–H and O–H groups in total. The molecule has 1 fully saturated rings. The average Bonchev–Trinajstić information content (AvgIpc) is 2.70. The first-order valence-electron chi connectivity index (χ1n) is 9.88. The lowest BCUT2D eigenvalue weighted by Crippen LogP contribution is -2.52. The first-order chi connectivity index (χ1) is 12.8. The molecule has 2 aromatic carbocycles. The molecule has 1 aliphatic heterocycles. The number of methoxy groups -OCH3 is 1. The SMILES string of the molecule is COC[C@H](Cc1ccccc1)N1CCN(CCCc2ccccc2)CC1.Cl.Cl. The van der Waals surface area contributed by atoms with Crippen molar-refractivity contribution in [2.75, 3.05) is 46.4 Å². The van der Waals surface area contributed by atoms with Crippen molar-refractivity contribution in [3.63, 3.8) is 0 Å². The summed E-state index contributed by atoms with van der Waals surface area (Å²) in [4.78, 5) is 5.23. The highest BCUT2D eigenvalue weighted by molar-refractivity contribution is 5.85. The maximum atomic E-state index is 5.51. The van der Waals surface area contributed by atoms with Crippen molar-refractivity contribution >= 4 is 24.8 Å². The van der Waals surface area contributed by atoms with Gasteiger partial charge in [0.2, 0.25) is 0 Å². The summed E-state index contributed by atoms with van der Waals surface area (Å²) in [6.45, 7) is 6.64. The van der Waals surface area contributed by atoms with Gasteiger partial charge in [-0.15, -0.1) is 24.8 Å². The molecule has 0 bridgehead atoms. The number of halogens is 2. The fraction of sp³-hybridized carbons (Fsp3) is 0.478. The van der Waals surface area contributed by atoms with E-state index in [-0.39, 0.29) is 24.8 Å². The van der Waals surface area contributed by atoms with Crippen LogP contribution in [0.5, 0.6) is 0 Å². The van der Waals surface area contributed by atoms with Crippen molar-refractivity contribution in [1.29, 1.82) is 0 Å². The Morgan fingerprint density at radius 2 is 1.39 bits per heavy atom. The second kappa shape index (κ2) is 14.0. The Kier molecular flexibility index (Phi) is 12.4. The highest BCUT2D eigenvalue weighted by Gasteiger charge is 2.23. The molecule has 2 aromatic rings. The molecule has 0 aromatic heterocycles. The van der Waals surface area contributed by atoms with Gasteiger partial charge in [-0.1, -0.05) is 60.7 Å². The van der Waals surface area contributed by atoms with Crippen molar-refractivity contribution in [3.05, 3.63) is 71.8 Å². The minimum Gasteiger partial charge on any atom is -0.383 e. The standard InChI is InChI=1S/C23H32N2O.2ClH/c1-26-20-23(19-22-11-6-3-7-12-22)25-17-15-24(16-18-25)14-8-13-21-9-4-2-5-10-21;;/h2-7,9-12,23H,8,13-20H2,1H3;2*1H/t23-;;/m0../s1. The van der Waals surface area contributed by atoms with Crippen LogP contribution in [0.2, 0.25) is 0 Å². The molecule has 1 aliphatic rings. The molecular formula is C23H34Cl2N2O. The van der Waals surface area contributed by atoms with Crippen LogP contribution < -0.4 is 0 Å². The molecule has 28 heavy (non-hydrogen) atoms. The van der Waals surface area contributed by atoms with Crippen molar-refractivity contribution in [1.82, 2.24) is 9.80 Å². The maximum absolute atomic E-state index is 5.51. The van der Waals surface area contributed by atoms with E-state index in [0.717, 1.165) is 26.1 Å². The smallest absolute Gasteiger partial charge is 0.0621 e. The van der Waals surface area contributed by atoms with Gasteiger partial charge in [-0.3, -0.25) is 4.90 Å². The molecule has 156 valence electrons. The van der Waals surface area contributed by atoms with Crippen LogP contribution in [0.3, 0.4) is 0 Å². The summed E-state index contributed by atoms with van der Waals surface area (Å²) in [5.74, 6) is 0. The van der Waals surface area contributed by atoms with Crippen LogP contribution >= 0.6 is 24.8 Å². The largest absolute Gasteiger partial charge is 0.383 e. The lowest BCUT2D eigenvalue weighted by Gasteiger charge is -2.39. The van der Waals surface area contributed by atoms with Gasteiger partial charge in [0.05, 0.1) is 6.61 Å². The molecule has 0 spiro atoms. The Balaban J connectivity index is 0.00000196. The van der Waals surface area contributed by atoms with Gasteiger partial charge >= 0.3 is 0 Å². The van der Waals surface area contributed by atoms with Gasteiger partial charge in [0, 0.05) is 39.3 Å². The Morgan fingerprint density at radius 1 is 0.821 bits per heavy atom. The number of ether oxygens (including phenoxy) is 1.